The molecule has 0 atom stereocenters. The molecule has 8 heteroatoms. The maximum atomic E-state index is 12.7. The van der Waals surface area contributed by atoms with Crippen molar-refractivity contribution in [3.63, 3.8) is 0 Å². The van der Waals surface area contributed by atoms with Crippen LogP contribution in [0.2, 0.25) is 0 Å². The largest absolute Gasteiger partial charge is 0.497 e. The zero-order chi connectivity index (χ0) is 17.6. The molecule has 130 valence electrons. The number of methoxy groups -OCH3 is 1. The number of hydrogen-bond acceptors (Lipinski definition) is 5. The van der Waals surface area contributed by atoms with E-state index in [1.807, 2.05) is 0 Å². The van der Waals surface area contributed by atoms with Crippen LogP contribution in [0.5, 0.6) is 17.2 Å². The molecule has 3 aromatic rings. The third-order valence-electron chi connectivity index (χ3n) is 3.33. The van der Waals surface area contributed by atoms with E-state index < -0.39 is 6.61 Å². The lowest BCUT2D eigenvalue weighted by Gasteiger charge is -2.13. The molecular weight excluding hydrogens is 332 g/mol. The molecule has 0 aliphatic heterocycles. The van der Waals surface area contributed by atoms with Crippen LogP contribution in [-0.2, 0) is 6.61 Å². The number of rotatable bonds is 7. The van der Waals surface area contributed by atoms with Crippen molar-refractivity contribution in [3.05, 3.63) is 54.5 Å². The molecule has 0 amide bonds. The summed E-state index contributed by atoms with van der Waals surface area (Å²) in [5.41, 5.74) is 1.44. The lowest BCUT2D eigenvalue weighted by molar-refractivity contribution is -0.0496. The van der Waals surface area contributed by atoms with Gasteiger partial charge in [0.15, 0.2) is 11.5 Å². The predicted molar refractivity (Wildman–Crippen MR) is 85.8 cm³/mol. The van der Waals surface area contributed by atoms with Crippen molar-refractivity contribution in [2.24, 2.45) is 0 Å². The predicted octanol–water partition coefficient (Wildman–Crippen LogP) is 3.66. The van der Waals surface area contributed by atoms with E-state index in [2.05, 4.69) is 19.9 Å². The third kappa shape index (κ3) is 4.23. The Morgan fingerprint density at radius 2 is 2.04 bits per heavy atom. The number of aromatic nitrogens is 3. The molecule has 3 rings (SSSR count). The van der Waals surface area contributed by atoms with Crippen molar-refractivity contribution in [2.45, 2.75) is 13.2 Å². The van der Waals surface area contributed by atoms with Crippen molar-refractivity contribution >= 4 is 0 Å². The Morgan fingerprint density at radius 3 is 2.76 bits per heavy atom. The zero-order valence-electron chi connectivity index (χ0n) is 13.3. The summed E-state index contributed by atoms with van der Waals surface area (Å²) >= 11 is 0. The summed E-state index contributed by atoms with van der Waals surface area (Å²) in [5.74, 6) is 1.12. The van der Waals surface area contributed by atoms with Crippen LogP contribution in [0.15, 0.2) is 48.8 Å². The summed E-state index contributed by atoms with van der Waals surface area (Å²) in [7, 11) is 1.53. The lowest BCUT2D eigenvalue weighted by atomic mass is 10.1. The van der Waals surface area contributed by atoms with Gasteiger partial charge in [-0.2, -0.15) is 13.9 Å². The molecule has 0 bridgehead atoms. The first-order valence-corrected chi connectivity index (χ1v) is 7.36. The second-order valence-corrected chi connectivity index (χ2v) is 4.98. The summed E-state index contributed by atoms with van der Waals surface area (Å²) in [6.45, 7) is -2.79. The van der Waals surface area contributed by atoms with Crippen LogP contribution in [0, 0.1) is 0 Å². The summed E-state index contributed by atoms with van der Waals surface area (Å²) < 4.78 is 40.6. The highest BCUT2D eigenvalue weighted by Gasteiger charge is 2.15. The molecule has 6 nitrogen and oxygen atoms in total. The smallest absolute Gasteiger partial charge is 0.387 e. The van der Waals surface area contributed by atoms with Crippen molar-refractivity contribution in [2.75, 3.05) is 7.11 Å². The zero-order valence-corrected chi connectivity index (χ0v) is 13.3. The van der Waals surface area contributed by atoms with Gasteiger partial charge in [-0.15, -0.1) is 0 Å². The third-order valence-corrected chi connectivity index (χ3v) is 3.33. The molecule has 0 spiro atoms. The van der Waals surface area contributed by atoms with Gasteiger partial charge in [0, 0.05) is 5.56 Å². The second-order valence-electron chi connectivity index (χ2n) is 4.98. The summed E-state index contributed by atoms with van der Waals surface area (Å²) in [4.78, 5) is 4.40. The summed E-state index contributed by atoms with van der Waals surface area (Å²) in [5, 5.41) is 6.41. The van der Waals surface area contributed by atoms with Gasteiger partial charge < -0.3 is 14.2 Å². The molecule has 25 heavy (non-hydrogen) atoms. The SMILES string of the molecule is COc1cccc(-c2nc(COc3cn[nH]c3)ccc2OC(F)F)c1. The number of ether oxygens (including phenoxy) is 3. The van der Waals surface area contributed by atoms with Gasteiger partial charge in [0.2, 0.25) is 0 Å². The molecule has 0 saturated carbocycles. The number of nitrogens with zero attached hydrogens (tertiary/aromatic N) is 2. The number of nitrogens with one attached hydrogen (secondary N) is 1. The fraction of sp³-hybridized carbons (Fsp3) is 0.176. The first-order chi connectivity index (χ1) is 12.2. The minimum atomic E-state index is -2.95. The average molecular weight is 347 g/mol. The van der Waals surface area contributed by atoms with E-state index >= 15 is 0 Å². The van der Waals surface area contributed by atoms with Crippen molar-refractivity contribution < 1.29 is 23.0 Å². The summed E-state index contributed by atoms with van der Waals surface area (Å²) in [6, 6.07) is 9.95. The standard InChI is InChI=1S/C17H15F2N3O3/c1-23-13-4-2-3-11(7-13)16-15(25-17(18)19)6-5-12(22-16)10-24-14-8-20-21-9-14/h2-9,17H,10H2,1H3,(H,20,21). The Kier molecular flexibility index (Phi) is 5.08. The van der Waals surface area contributed by atoms with Crippen molar-refractivity contribution in [1.29, 1.82) is 0 Å². The molecule has 0 saturated heterocycles. The van der Waals surface area contributed by atoms with Gasteiger partial charge in [-0.3, -0.25) is 5.10 Å². The fourth-order valence-corrected chi connectivity index (χ4v) is 2.21. The highest BCUT2D eigenvalue weighted by Crippen LogP contribution is 2.31. The Morgan fingerprint density at radius 1 is 1.16 bits per heavy atom. The monoisotopic (exact) mass is 347 g/mol. The van der Waals surface area contributed by atoms with Gasteiger partial charge in [0.05, 0.1) is 25.2 Å². The van der Waals surface area contributed by atoms with Crippen LogP contribution in [-0.4, -0.2) is 28.9 Å². The first kappa shape index (κ1) is 16.7. The van der Waals surface area contributed by atoms with E-state index in [0.717, 1.165) is 0 Å². The Bertz CT molecular complexity index is 826. The van der Waals surface area contributed by atoms with Crippen LogP contribution < -0.4 is 14.2 Å². The van der Waals surface area contributed by atoms with Gasteiger partial charge in [-0.1, -0.05) is 12.1 Å². The van der Waals surface area contributed by atoms with Crippen molar-refractivity contribution in [1.82, 2.24) is 15.2 Å². The van der Waals surface area contributed by atoms with E-state index in [9.17, 15) is 8.78 Å². The molecule has 0 aliphatic carbocycles. The molecule has 0 radical (unpaired) electrons. The number of halogens is 2. The molecule has 2 aromatic heterocycles. The van der Waals surface area contributed by atoms with Crippen LogP contribution in [0.4, 0.5) is 8.78 Å². The molecule has 2 heterocycles. The van der Waals surface area contributed by atoms with Crippen LogP contribution >= 0.6 is 0 Å². The first-order valence-electron chi connectivity index (χ1n) is 7.36. The minimum Gasteiger partial charge on any atom is -0.497 e. The average Bonchev–Trinajstić information content (AvgIpc) is 3.14. The summed E-state index contributed by atoms with van der Waals surface area (Å²) in [6.07, 6.45) is 3.12. The molecule has 1 aromatic carbocycles. The van der Waals surface area contributed by atoms with Gasteiger partial charge >= 0.3 is 6.61 Å². The maximum Gasteiger partial charge on any atom is 0.387 e. The van der Waals surface area contributed by atoms with Gasteiger partial charge in [0.25, 0.3) is 0 Å². The minimum absolute atomic E-state index is 0.0182. The second kappa shape index (κ2) is 7.61. The number of benzene rings is 1. The maximum absolute atomic E-state index is 12.7. The number of aromatic amines is 1. The Balaban J connectivity index is 1.92. The van der Waals surface area contributed by atoms with Crippen LogP contribution in [0.3, 0.4) is 0 Å². The Hall–Kier alpha value is -3.16. The van der Waals surface area contributed by atoms with Gasteiger partial charge in [-0.05, 0) is 24.3 Å². The van der Waals surface area contributed by atoms with Gasteiger partial charge in [0.1, 0.15) is 18.1 Å². The Labute approximate surface area is 142 Å². The highest BCUT2D eigenvalue weighted by molar-refractivity contribution is 5.67. The highest BCUT2D eigenvalue weighted by atomic mass is 19.3. The molecule has 0 fully saturated rings. The number of pyridine rings is 1. The normalized spacial score (nSPS) is 10.7. The molecule has 0 unspecified atom stereocenters. The van der Waals surface area contributed by atoms with E-state index in [-0.39, 0.29) is 18.1 Å². The molecular formula is C17H15F2N3O3. The van der Waals surface area contributed by atoms with E-state index in [0.29, 0.717) is 22.8 Å². The van der Waals surface area contributed by atoms with E-state index in [4.69, 9.17) is 9.47 Å². The van der Waals surface area contributed by atoms with Crippen LogP contribution in [0.25, 0.3) is 11.3 Å². The molecule has 1 N–H and O–H groups in total. The number of hydrogen-bond donors (Lipinski definition) is 1. The van der Waals surface area contributed by atoms with Crippen molar-refractivity contribution in [3.8, 4) is 28.5 Å². The number of alkyl halides is 2. The van der Waals surface area contributed by atoms with Crippen LogP contribution in [0.1, 0.15) is 5.69 Å². The fourth-order valence-electron chi connectivity index (χ4n) is 2.21. The van der Waals surface area contributed by atoms with E-state index in [1.54, 1.807) is 36.5 Å². The quantitative estimate of drug-likeness (QED) is 0.706. The lowest BCUT2D eigenvalue weighted by Crippen LogP contribution is -2.06. The van der Waals surface area contributed by atoms with E-state index in [1.165, 1.54) is 19.4 Å². The topological polar surface area (TPSA) is 69.3 Å². The van der Waals surface area contributed by atoms with Gasteiger partial charge in [-0.25, -0.2) is 4.98 Å². The molecule has 0 aliphatic rings. The number of H-pyrrole nitrogens is 1.